The lowest BCUT2D eigenvalue weighted by atomic mass is 9.85. The molecule has 2 aromatic rings. The van der Waals surface area contributed by atoms with Crippen molar-refractivity contribution < 1.29 is 0 Å². The summed E-state index contributed by atoms with van der Waals surface area (Å²) in [6.07, 6.45) is 6.19. The molecule has 0 saturated carbocycles. The first-order valence-electron chi connectivity index (χ1n) is 7.69. The Balaban J connectivity index is 2.07. The Morgan fingerprint density at radius 2 is 1.76 bits per heavy atom. The van der Waals surface area contributed by atoms with Crippen LogP contribution in [0.3, 0.4) is 0 Å². The molecule has 1 heteroatoms. The van der Waals surface area contributed by atoms with Crippen LogP contribution in [0.2, 0.25) is 0 Å². The van der Waals surface area contributed by atoms with E-state index in [1.165, 1.54) is 50.7 Å². The predicted molar refractivity (Wildman–Crippen MR) is 100 cm³/mol. The molecule has 0 heterocycles. The lowest BCUT2D eigenvalue weighted by Gasteiger charge is -2.21. The Morgan fingerprint density at radius 1 is 1.00 bits per heavy atom. The van der Waals surface area contributed by atoms with Gasteiger partial charge in [-0.3, -0.25) is 0 Å². The first kappa shape index (κ1) is 14.8. The number of hydrogen-bond donors (Lipinski definition) is 0. The fourth-order valence-electron chi connectivity index (χ4n) is 2.98. The average Bonchev–Trinajstić information content (AvgIpc) is 2.49. The molecular weight excluding hydrogens is 367 g/mol. The zero-order valence-corrected chi connectivity index (χ0v) is 14.9. The number of hydrogen-bond acceptors (Lipinski definition) is 0. The second-order valence-electron chi connectivity index (χ2n) is 6.16. The fourth-order valence-corrected chi connectivity index (χ4v) is 3.47. The molecule has 1 unspecified atom stereocenters. The number of aryl methyl sites for hydroxylation is 1. The summed E-state index contributed by atoms with van der Waals surface area (Å²) < 4.78 is 1.30. The van der Waals surface area contributed by atoms with Crippen LogP contribution in [0.5, 0.6) is 0 Å². The van der Waals surface area contributed by atoms with Crippen LogP contribution in [0.4, 0.5) is 0 Å². The molecule has 3 rings (SSSR count). The molecular formula is C20H21I. The van der Waals surface area contributed by atoms with Gasteiger partial charge in [-0.15, -0.1) is 0 Å². The van der Waals surface area contributed by atoms with Crippen molar-refractivity contribution in [3.63, 3.8) is 0 Å². The van der Waals surface area contributed by atoms with Crippen LogP contribution < -0.4 is 0 Å². The van der Waals surface area contributed by atoms with Gasteiger partial charge in [0.15, 0.2) is 0 Å². The predicted octanol–water partition coefficient (Wildman–Crippen LogP) is 6.47. The van der Waals surface area contributed by atoms with E-state index >= 15 is 0 Å². The second kappa shape index (κ2) is 6.35. The normalized spacial score (nSPS) is 18.4. The maximum absolute atomic E-state index is 2.45. The second-order valence-corrected chi connectivity index (χ2v) is 7.41. The zero-order valence-electron chi connectivity index (χ0n) is 12.7. The minimum atomic E-state index is 0.834. The van der Waals surface area contributed by atoms with Crippen LogP contribution in [0.15, 0.2) is 48.5 Å². The topological polar surface area (TPSA) is 0 Å². The Kier molecular flexibility index (Phi) is 4.48. The Hall–Kier alpha value is -1.09. The number of allylic oxidation sites excluding steroid dienone is 2. The summed E-state index contributed by atoms with van der Waals surface area (Å²) in [5.41, 5.74) is 6.97. The van der Waals surface area contributed by atoms with Crippen molar-refractivity contribution in [1.29, 1.82) is 0 Å². The highest BCUT2D eigenvalue weighted by atomic mass is 127. The molecule has 1 aliphatic rings. The molecule has 21 heavy (non-hydrogen) atoms. The lowest BCUT2D eigenvalue weighted by Crippen LogP contribution is -2.02. The minimum Gasteiger partial charge on any atom is -0.0804 e. The number of halogens is 1. The molecule has 2 aromatic carbocycles. The zero-order chi connectivity index (χ0) is 14.8. The van der Waals surface area contributed by atoms with Gasteiger partial charge in [0.05, 0.1) is 0 Å². The van der Waals surface area contributed by atoms with Crippen molar-refractivity contribution >= 4 is 28.2 Å². The van der Waals surface area contributed by atoms with Crippen LogP contribution in [-0.2, 0) is 0 Å². The molecule has 0 aromatic heterocycles. The standard InChI is InChI=1S/C20H21I/c1-14-3-7-16(8-4-14)19-12-11-18(21)13-20(19)17-9-5-15(2)6-10-17/h5-7,9-14H,3-4,8H2,1-2H3. The maximum atomic E-state index is 2.45. The van der Waals surface area contributed by atoms with E-state index in [-0.39, 0.29) is 0 Å². The third kappa shape index (κ3) is 3.39. The summed E-state index contributed by atoms with van der Waals surface area (Å²) in [5.74, 6) is 0.834. The molecule has 1 atom stereocenters. The average molecular weight is 388 g/mol. The van der Waals surface area contributed by atoms with E-state index < -0.39 is 0 Å². The highest BCUT2D eigenvalue weighted by molar-refractivity contribution is 14.1. The Bertz CT molecular complexity index is 665. The van der Waals surface area contributed by atoms with Crippen LogP contribution in [-0.4, -0.2) is 0 Å². The summed E-state index contributed by atoms with van der Waals surface area (Å²) in [5, 5.41) is 0. The monoisotopic (exact) mass is 388 g/mol. The summed E-state index contributed by atoms with van der Waals surface area (Å²) in [4.78, 5) is 0. The first-order valence-corrected chi connectivity index (χ1v) is 8.77. The molecule has 0 aliphatic heterocycles. The highest BCUT2D eigenvalue weighted by Gasteiger charge is 2.15. The van der Waals surface area contributed by atoms with Gasteiger partial charge in [-0.25, -0.2) is 0 Å². The molecule has 0 amide bonds. The van der Waals surface area contributed by atoms with Gasteiger partial charge in [-0.1, -0.05) is 48.9 Å². The molecule has 0 nitrogen and oxygen atoms in total. The van der Waals surface area contributed by atoms with Crippen molar-refractivity contribution in [2.45, 2.75) is 33.1 Å². The molecule has 0 bridgehead atoms. The SMILES string of the molecule is Cc1ccc(-c2cc(I)ccc2C2=CCC(C)CC2)cc1. The third-order valence-electron chi connectivity index (χ3n) is 4.36. The van der Waals surface area contributed by atoms with Gasteiger partial charge >= 0.3 is 0 Å². The fraction of sp³-hybridized carbons (Fsp3) is 0.300. The van der Waals surface area contributed by atoms with E-state index in [1.54, 1.807) is 0 Å². The molecule has 0 radical (unpaired) electrons. The summed E-state index contributed by atoms with van der Waals surface area (Å²) in [6.45, 7) is 4.49. The Morgan fingerprint density at radius 3 is 2.43 bits per heavy atom. The summed E-state index contributed by atoms with van der Waals surface area (Å²) in [6, 6.07) is 15.8. The van der Waals surface area contributed by atoms with Gasteiger partial charge in [0.25, 0.3) is 0 Å². The van der Waals surface area contributed by atoms with Gasteiger partial charge in [0.2, 0.25) is 0 Å². The van der Waals surface area contributed by atoms with E-state index in [4.69, 9.17) is 0 Å². The van der Waals surface area contributed by atoms with Crippen molar-refractivity contribution in [3.8, 4) is 11.1 Å². The molecule has 0 spiro atoms. The summed E-state index contributed by atoms with van der Waals surface area (Å²) >= 11 is 2.41. The highest BCUT2D eigenvalue weighted by Crippen LogP contribution is 2.36. The van der Waals surface area contributed by atoms with Crippen LogP contribution in [0.1, 0.15) is 37.3 Å². The van der Waals surface area contributed by atoms with Crippen LogP contribution in [0, 0.1) is 16.4 Å². The van der Waals surface area contributed by atoms with Crippen LogP contribution >= 0.6 is 22.6 Å². The molecule has 0 N–H and O–H groups in total. The van der Waals surface area contributed by atoms with Crippen molar-refractivity contribution in [2.24, 2.45) is 5.92 Å². The van der Waals surface area contributed by atoms with Crippen molar-refractivity contribution in [2.75, 3.05) is 0 Å². The van der Waals surface area contributed by atoms with E-state index in [2.05, 4.69) is 85.0 Å². The minimum absolute atomic E-state index is 0.834. The van der Waals surface area contributed by atoms with E-state index in [1.807, 2.05) is 0 Å². The van der Waals surface area contributed by atoms with Crippen molar-refractivity contribution in [1.82, 2.24) is 0 Å². The quantitative estimate of drug-likeness (QED) is 0.517. The van der Waals surface area contributed by atoms with Gasteiger partial charge in [0, 0.05) is 3.57 Å². The smallest absolute Gasteiger partial charge is 0.0136 e. The van der Waals surface area contributed by atoms with Crippen LogP contribution in [0.25, 0.3) is 16.7 Å². The van der Waals surface area contributed by atoms with E-state index in [0.29, 0.717) is 0 Å². The molecule has 0 fully saturated rings. The van der Waals surface area contributed by atoms with Crippen molar-refractivity contribution in [3.05, 3.63) is 63.2 Å². The van der Waals surface area contributed by atoms with Gasteiger partial charge in [-0.05, 0) is 89.1 Å². The number of benzene rings is 2. The Labute approximate surface area is 141 Å². The van der Waals surface area contributed by atoms with Gasteiger partial charge in [0.1, 0.15) is 0 Å². The lowest BCUT2D eigenvalue weighted by molar-refractivity contribution is 0.534. The molecule has 1 aliphatic carbocycles. The first-order chi connectivity index (χ1) is 10.1. The van der Waals surface area contributed by atoms with Gasteiger partial charge < -0.3 is 0 Å². The number of rotatable bonds is 2. The van der Waals surface area contributed by atoms with E-state index in [0.717, 1.165) is 5.92 Å². The molecule has 0 saturated heterocycles. The largest absolute Gasteiger partial charge is 0.0804 e. The summed E-state index contributed by atoms with van der Waals surface area (Å²) in [7, 11) is 0. The van der Waals surface area contributed by atoms with E-state index in [9.17, 15) is 0 Å². The molecule has 108 valence electrons. The van der Waals surface area contributed by atoms with Gasteiger partial charge in [-0.2, -0.15) is 0 Å². The third-order valence-corrected chi connectivity index (χ3v) is 5.03. The maximum Gasteiger partial charge on any atom is 0.0136 e.